The van der Waals surface area contributed by atoms with Gasteiger partial charge in [0.1, 0.15) is 31.6 Å². The molecule has 1 heterocycles. The van der Waals surface area contributed by atoms with Crippen molar-refractivity contribution < 1.29 is 21.7 Å². The van der Waals surface area contributed by atoms with E-state index < -0.39 is 0 Å². The Balaban J connectivity index is 0.00000380. The third-order valence-electron chi connectivity index (χ3n) is 5.46. The van der Waals surface area contributed by atoms with Crippen LogP contribution in [0.2, 0.25) is 30.1 Å². The van der Waals surface area contributed by atoms with E-state index in [1.165, 1.54) is 0 Å². The van der Waals surface area contributed by atoms with Crippen molar-refractivity contribution in [2.45, 2.75) is 25.8 Å². The van der Waals surface area contributed by atoms with Crippen LogP contribution in [0.4, 0.5) is 0 Å². The number of hydrogen-bond acceptors (Lipinski definition) is 1. The van der Waals surface area contributed by atoms with Gasteiger partial charge in [0.25, 0.3) is 0 Å². The number of aromatic nitrogens is 2. The second kappa shape index (κ2) is 14.1. The molecule has 3 aromatic carbocycles. The molecular formula is C27H21Cl7N2O. The van der Waals surface area contributed by atoms with Crippen molar-refractivity contribution in [3.63, 3.8) is 0 Å². The molecule has 194 valence electrons. The van der Waals surface area contributed by atoms with Crippen LogP contribution in [0.15, 0.2) is 79.4 Å². The number of hydrogen-bond donors (Lipinski definition) is 0. The van der Waals surface area contributed by atoms with Crippen molar-refractivity contribution >= 4 is 75.7 Å². The first-order chi connectivity index (χ1) is 17.3. The summed E-state index contributed by atoms with van der Waals surface area (Å²) in [5.74, 6) is 0. The van der Waals surface area contributed by atoms with Crippen LogP contribution < -0.4 is 17.0 Å². The second-order valence-corrected chi connectivity index (χ2v) is 10.6. The highest BCUT2D eigenvalue weighted by molar-refractivity contribution is 6.36. The van der Waals surface area contributed by atoms with Gasteiger partial charge in [-0.15, -0.1) is 0 Å². The third-order valence-corrected chi connectivity index (χ3v) is 7.18. The molecule has 4 aromatic rings. The molecule has 0 spiro atoms. The normalized spacial score (nSPS) is 12.1. The lowest BCUT2D eigenvalue weighted by Crippen LogP contribution is -3.00. The molecular weight excluding hydrogens is 616 g/mol. The molecule has 0 radical (unpaired) electrons. The van der Waals surface area contributed by atoms with Gasteiger partial charge in [-0.2, -0.15) is 0 Å². The van der Waals surface area contributed by atoms with E-state index in [9.17, 15) is 0 Å². The van der Waals surface area contributed by atoms with Gasteiger partial charge in [-0.05, 0) is 53.6 Å². The van der Waals surface area contributed by atoms with Gasteiger partial charge in [0.05, 0.1) is 6.61 Å². The topological polar surface area (TPSA) is 18.0 Å². The summed E-state index contributed by atoms with van der Waals surface area (Å²) in [5.41, 5.74) is 2.58. The van der Waals surface area contributed by atoms with Gasteiger partial charge in [0.15, 0.2) is 0 Å². The fourth-order valence-electron chi connectivity index (χ4n) is 3.62. The highest BCUT2D eigenvalue weighted by atomic mass is 35.5. The molecule has 4 rings (SSSR count). The molecule has 1 aromatic heterocycles. The lowest BCUT2D eigenvalue weighted by molar-refractivity contribution is -0.704. The smallest absolute Gasteiger partial charge is 0.244 e. The summed E-state index contributed by atoms with van der Waals surface area (Å²) in [6, 6.07) is 16.2. The molecule has 0 aliphatic heterocycles. The first kappa shape index (κ1) is 30.1. The summed E-state index contributed by atoms with van der Waals surface area (Å²) in [4.78, 5) is 0. The lowest BCUT2D eigenvalue weighted by Gasteiger charge is -2.19. The monoisotopic (exact) mass is 634 g/mol. The van der Waals surface area contributed by atoms with E-state index in [-0.39, 0.29) is 18.5 Å². The number of ether oxygens (including phenoxy) is 1. The molecule has 37 heavy (non-hydrogen) atoms. The Bertz CT molecular complexity index is 1390. The number of imidazole rings is 1. The minimum Gasteiger partial charge on any atom is -1.00 e. The molecule has 1 unspecified atom stereocenters. The minimum atomic E-state index is -0.342. The van der Waals surface area contributed by atoms with E-state index in [0.29, 0.717) is 49.8 Å². The zero-order valence-corrected chi connectivity index (χ0v) is 24.5. The average Bonchev–Trinajstić information content (AvgIpc) is 3.26. The van der Waals surface area contributed by atoms with Crippen molar-refractivity contribution in [2.24, 2.45) is 0 Å². The lowest BCUT2D eigenvalue weighted by atomic mass is 10.1. The van der Waals surface area contributed by atoms with E-state index >= 15 is 0 Å². The number of benzene rings is 3. The molecule has 0 amide bonds. The number of nitrogens with zero attached hydrogens (tertiary/aromatic N) is 2. The molecule has 0 N–H and O–H groups in total. The van der Waals surface area contributed by atoms with Crippen LogP contribution in [0.3, 0.4) is 0 Å². The van der Waals surface area contributed by atoms with Gasteiger partial charge >= 0.3 is 0 Å². The van der Waals surface area contributed by atoms with Crippen LogP contribution in [-0.2, 0) is 24.4 Å². The van der Waals surface area contributed by atoms with E-state index in [4.69, 9.17) is 74.3 Å². The molecule has 0 fully saturated rings. The summed E-state index contributed by atoms with van der Waals surface area (Å²) in [6.07, 6.45) is 9.64. The van der Waals surface area contributed by atoms with Crippen LogP contribution in [-0.4, -0.2) is 4.57 Å². The molecule has 0 saturated heterocycles. The van der Waals surface area contributed by atoms with E-state index in [0.717, 1.165) is 16.7 Å². The van der Waals surface area contributed by atoms with Crippen molar-refractivity contribution in [1.29, 1.82) is 0 Å². The molecule has 0 bridgehead atoms. The van der Waals surface area contributed by atoms with E-state index in [1.54, 1.807) is 30.3 Å². The minimum absolute atomic E-state index is 0. The van der Waals surface area contributed by atoms with Crippen LogP contribution >= 0.6 is 69.6 Å². The maximum atomic E-state index is 6.53. The Hall–Kier alpha value is -1.40. The summed E-state index contributed by atoms with van der Waals surface area (Å²) in [6.45, 7) is 1.50. The van der Waals surface area contributed by atoms with Gasteiger partial charge in [-0.25, -0.2) is 9.13 Å². The van der Waals surface area contributed by atoms with Crippen LogP contribution in [0.5, 0.6) is 0 Å². The van der Waals surface area contributed by atoms with Crippen LogP contribution in [0, 0.1) is 0 Å². The predicted molar refractivity (Wildman–Crippen MR) is 151 cm³/mol. The molecule has 1 atom stereocenters. The fraction of sp³-hybridized carbons (Fsp3) is 0.148. The second-order valence-electron chi connectivity index (χ2n) is 8.08. The zero-order chi connectivity index (χ0) is 25.7. The maximum Gasteiger partial charge on any atom is 0.244 e. The Morgan fingerprint density at radius 3 is 2.14 bits per heavy atom. The predicted octanol–water partition coefficient (Wildman–Crippen LogP) is 6.37. The number of rotatable bonds is 9. The van der Waals surface area contributed by atoms with Crippen LogP contribution in [0.1, 0.15) is 22.8 Å². The van der Waals surface area contributed by atoms with Crippen molar-refractivity contribution in [3.8, 4) is 0 Å². The Morgan fingerprint density at radius 1 is 0.811 bits per heavy atom. The van der Waals surface area contributed by atoms with Gasteiger partial charge in [0.2, 0.25) is 6.33 Å². The highest BCUT2D eigenvalue weighted by Gasteiger charge is 2.20. The number of allylic oxidation sites excluding steroid dienone is 1. The summed E-state index contributed by atoms with van der Waals surface area (Å²) in [5, 5.41) is 3.45. The van der Waals surface area contributed by atoms with Crippen molar-refractivity contribution in [3.05, 3.63) is 126 Å². The Labute approximate surface area is 252 Å². The van der Waals surface area contributed by atoms with E-state index in [1.807, 2.05) is 59.7 Å². The average molecular weight is 638 g/mol. The third kappa shape index (κ3) is 8.54. The van der Waals surface area contributed by atoms with Crippen molar-refractivity contribution in [1.82, 2.24) is 4.57 Å². The van der Waals surface area contributed by atoms with Gasteiger partial charge < -0.3 is 17.1 Å². The first-order valence-corrected chi connectivity index (χ1v) is 13.2. The van der Waals surface area contributed by atoms with Crippen molar-refractivity contribution in [2.75, 3.05) is 0 Å². The first-order valence-electron chi connectivity index (χ1n) is 11.0. The number of halogens is 7. The SMILES string of the molecule is Clc1ccc(C=CCn2cc[n+](CC(OCc3ccc(Cl)cc3Cl)c3ccc(Cl)cc3Cl)c2)c(Cl)c1.[Cl-]. The quantitative estimate of drug-likeness (QED) is 0.195. The van der Waals surface area contributed by atoms with Gasteiger partial charge in [0, 0.05) is 35.7 Å². The fourth-order valence-corrected chi connectivity index (χ4v) is 5.08. The zero-order valence-electron chi connectivity index (χ0n) is 19.2. The summed E-state index contributed by atoms with van der Waals surface area (Å²) >= 11 is 37.2. The Morgan fingerprint density at radius 2 is 1.46 bits per heavy atom. The van der Waals surface area contributed by atoms with Gasteiger partial charge in [-0.1, -0.05) is 93.9 Å². The summed E-state index contributed by atoms with van der Waals surface area (Å²) in [7, 11) is 0. The molecule has 10 heteroatoms. The highest BCUT2D eigenvalue weighted by Crippen LogP contribution is 2.31. The van der Waals surface area contributed by atoms with E-state index in [2.05, 4.69) is 4.57 Å². The standard InChI is InChI=1S/C27H21Cl6N2O.ClH/c28-20-5-3-18(24(31)12-20)2-1-9-34-10-11-35(17-34)15-27(23-8-7-22(30)14-26(23)33)36-16-19-4-6-21(29)13-25(19)32;/h1-8,10-14,17,27H,9,15-16H2;1H/q+1;/p-1. The summed E-state index contributed by atoms with van der Waals surface area (Å²) < 4.78 is 10.4. The van der Waals surface area contributed by atoms with Crippen LogP contribution in [0.25, 0.3) is 6.08 Å². The maximum absolute atomic E-state index is 6.53. The molecule has 0 aliphatic carbocycles. The molecule has 3 nitrogen and oxygen atoms in total. The molecule has 0 aliphatic rings. The van der Waals surface area contributed by atoms with Gasteiger partial charge in [-0.3, -0.25) is 0 Å². The largest absolute Gasteiger partial charge is 1.00 e. The molecule has 0 saturated carbocycles. The Kier molecular flexibility index (Phi) is 11.5.